The van der Waals surface area contributed by atoms with Crippen molar-refractivity contribution in [2.24, 2.45) is 0 Å². The highest BCUT2D eigenvalue weighted by molar-refractivity contribution is 7.85. The molecule has 0 bridgehead atoms. The van der Waals surface area contributed by atoms with E-state index in [4.69, 9.17) is 0 Å². The molecule has 6 nitrogen and oxygen atoms in total. The fourth-order valence-electron chi connectivity index (χ4n) is 4.14. The Labute approximate surface area is 263 Å². The molecule has 7 heteroatoms. The van der Waals surface area contributed by atoms with Crippen molar-refractivity contribution in [2.45, 2.75) is 129 Å². The van der Waals surface area contributed by atoms with Gasteiger partial charge in [-0.1, -0.05) is 125 Å². The number of carbonyl (C=O) groups excluding carboxylic acids is 1. The van der Waals surface area contributed by atoms with Gasteiger partial charge in [-0.05, 0) is 70.6 Å². The number of aliphatic hydroxyl groups is 1. The molecule has 3 N–H and O–H groups in total. The second-order valence-corrected chi connectivity index (χ2v) is 12.2. The van der Waals surface area contributed by atoms with Crippen molar-refractivity contribution < 1.29 is 22.9 Å². The molecule has 0 aromatic rings. The van der Waals surface area contributed by atoms with Crippen LogP contribution in [0.4, 0.5) is 0 Å². The third-order valence-corrected chi connectivity index (χ3v) is 7.32. The van der Waals surface area contributed by atoms with Crippen LogP contribution in [-0.4, -0.2) is 41.9 Å². The number of rotatable bonds is 27. The molecule has 1 amide bonds. The average Bonchev–Trinajstić information content (AvgIpc) is 2.96. The molecule has 2 unspecified atom stereocenters. The van der Waals surface area contributed by atoms with Gasteiger partial charge in [0.2, 0.25) is 5.91 Å². The van der Waals surface area contributed by atoms with E-state index in [-0.39, 0.29) is 12.3 Å². The van der Waals surface area contributed by atoms with Gasteiger partial charge in [-0.3, -0.25) is 9.35 Å². The third-order valence-electron chi connectivity index (χ3n) is 6.54. The summed E-state index contributed by atoms with van der Waals surface area (Å²) in [5.74, 6) is -1.04. The van der Waals surface area contributed by atoms with Crippen LogP contribution in [0, 0.1) is 0 Å². The Morgan fingerprint density at radius 2 is 1.14 bits per heavy atom. The van der Waals surface area contributed by atoms with E-state index in [0.717, 1.165) is 83.5 Å². The van der Waals surface area contributed by atoms with E-state index in [0.29, 0.717) is 12.8 Å². The zero-order chi connectivity index (χ0) is 31.9. The smallest absolute Gasteiger partial charge is 0.267 e. The van der Waals surface area contributed by atoms with Crippen molar-refractivity contribution in [3.8, 4) is 0 Å². The van der Waals surface area contributed by atoms with Gasteiger partial charge in [-0.15, -0.1) is 0 Å². The highest BCUT2D eigenvalue weighted by Crippen LogP contribution is 2.09. The Kier molecular flexibility index (Phi) is 27.9. The zero-order valence-electron chi connectivity index (χ0n) is 26.8. The van der Waals surface area contributed by atoms with Crippen LogP contribution in [0.5, 0.6) is 0 Å². The summed E-state index contributed by atoms with van der Waals surface area (Å²) in [6, 6.07) is -1.09. The number of unbranched alkanes of at least 4 members (excludes halogenated alkanes) is 7. The molecule has 0 saturated carbocycles. The average molecular weight is 618 g/mol. The summed E-state index contributed by atoms with van der Waals surface area (Å²) in [7, 11) is -4.35. The van der Waals surface area contributed by atoms with Gasteiger partial charge in [0.1, 0.15) is 0 Å². The minimum Gasteiger partial charge on any atom is -0.387 e. The molecule has 0 heterocycles. The first-order valence-corrected chi connectivity index (χ1v) is 17.9. The quantitative estimate of drug-likeness (QED) is 0.0485. The van der Waals surface area contributed by atoms with Gasteiger partial charge in [0.15, 0.2) is 0 Å². The SMILES string of the molecule is CC/C=C\C/C=C\C/C=C\C/C=C\C/C=C\CCCCCCCC(=O)NC(CS(=O)(=O)O)C(O)/C=C/CC/C=C/CCC. The maximum atomic E-state index is 12.4. The van der Waals surface area contributed by atoms with Crippen molar-refractivity contribution in [3.05, 3.63) is 85.1 Å². The Hall–Kier alpha value is -2.48. The standard InChI is InChI=1S/C36H59NO5S/c1-3-5-7-9-11-12-13-14-15-16-17-18-19-20-21-22-23-24-26-28-30-32-36(39)37-34(33-43(40,41)42)35(38)31-29-27-25-10-8-6-4-2/h5,7-8,10-12,14-15,17-18,20-21,29,31,34-35,38H,3-4,6,9,13,16,19,22-28,30,32-33H2,1-2H3,(H,37,39)(H,40,41,42)/b7-5-,10-8+,12-11-,15-14-,18-17-,21-20-,31-29+. The number of allylic oxidation sites excluding steroid dienone is 13. The maximum absolute atomic E-state index is 12.4. The van der Waals surface area contributed by atoms with Crippen molar-refractivity contribution in [2.75, 3.05) is 5.75 Å². The van der Waals surface area contributed by atoms with Crippen molar-refractivity contribution in [1.29, 1.82) is 0 Å². The Morgan fingerprint density at radius 1 is 0.651 bits per heavy atom. The van der Waals surface area contributed by atoms with Crippen LogP contribution in [0.15, 0.2) is 85.1 Å². The summed E-state index contributed by atoms with van der Waals surface area (Å²) in [4.78, 5) is 12.4. The van der Waals surface area contributed by atoms with E-state index < -0.39 is 28.0 Å². The van der Waals surface area contributed by atoms with Gasteiger partial charge in [0.25, 0.3) is 10.1 Å². The van der Waals surface area contributed by atoms with Crippen LogP contribution in [0.3, 0.4) is 0 Å². The molecular weight excluding hydrogens is 558 g/mol. The predicted octanol–water partition coefficient (Wildman–Crippen LogP) is 8.89. The molecular formula is C36H59NO5S. The highest BCUT2D eigenvalue weighted by atomic mass is 32.2. The molecule has 0 aliphatic heterocycles. The molecule has 0 aliphatic carbocycles. The van der Waals surface area contributed by atoms with Crippen LogP contribution in [0.2, 0.25) is 0 Å². The van der Waals surface area contributed by atoms with Gasteiger partial charge in [-0.25, -0.2) is 0 Å². The van der Waals surface area contributed by atoms with Crippen LogP contribution in [0.1, 0.15) is 117 Å². The van der Waals surface area contributed by atoms with E-state index in [9.17, 15) is 22.9 Å². The topological polar surface area (TPSA) is 104 Å². The summed E-state index contributed by atoms with van der Waals surface area (Å²) in [5, 5.41) is 13.0. The lowest BCUT2D eigenvalue weighted by Crippen LogP contribution is -2.46. The number of hydrogen-bond acceptors (Lipinski definition) is 4. The van der Waals surface area contributed by atoms with Crippen molar-refractivity contribution in [3.63, 3.8) is 0 Å². The molecule has 0 spiro atoms. The van der Waals surface area contributed by atoms with E-state index in [2.05, 4.69) is 92.1 Å². The van der Waals surface area contributed by atoms with Crippen molar-refractivity contribution in [1.82, 2.24) is 5.32 Å². The molecule has 244 valence electrons. The number of aliphatic hydroxyl groups excluding tert-OH is 1. The van der Waals surface area contributed by atoms with Gasteiger partial charge >= 0.3 is 0 Å². The van der Waals surface area contributed by atoms with E-state index >= 15 is 0 Å². The van der Waals surface area contributed by atoms with E-state index in [1.165, 1.54) is 6.08 Å². The minimum absolute atomic E-state index is 0.259. The second-order valence-electron chi connectivity index (χ2n) is 10.7. The first kappa shape index (κ1) is 40.5. The lowest BCUT2D eigenvalue weighted by molar-refractivity contribution is -0.122. The fraction of sp³-hybridized carbons (Fsp3) is 0.583. The van der Waals surface area contributed by atoms with Crippen LogP contribution < -0.4 is 5.32 Å². The number of nitrogens with one attached hydrogen (secondary N) is 1. The lowest BCUT2D eigenvalue weighted by atomic mass is 10.1. The zero-order valence-corrected chi connectivity index (χ0v) is 27.6. The summed E-state index contributed by atoms with van der Waals surface area (Å²) in [5.41, 5.74) is 0. The molecule has 0 aromatic carbocycles. The van der Waals surface area contributed by atoms with E-state index in [1.807, 2.05) is 0 Å². The first-order valence-electron chi connectivity index (χ1n) is 16.3. The summed E-state index contributed by atoms with van der Waals surface area (Å²) in [6.45, 7) is 4.26. The molecule has 2 atom stereocenters. The molecule has 0 rings (SSSR count). The summed E-state index contributed by atoms with van der Waals surface area (Å²) in [6.07, 6.45) is 43.0. The molecule has 43 heavy (non-hydrogen) atoms. The molecule has 0 saturated heterocycles. The molecule has 0 aliphatic rings. The van der Waals surface area contributed by atoms with E-state index in [1.54, 1.807) is 6.08 Å². The highest BCUT2D eigenvalue weighted by Gasteiger charge is 2.24. The van der Waals surface area contributed by atoms with Crippen molar-refractivity contribution >= 4 is 16.0 Å². The first-order chi connectivity index (χ1) is 20.8. The van der Waals surface area contributed by atoms with Gasteiger partial charge in [0, 0.05) is 6.42 Å². The number of hydrogen-bond donors (Lipinski definition) is 3. The maximum Gasteiger partial charge on any atom is 0.267 e. The van der Waals surface area contributed by atoms with Gasteiger partial charge in [-0.2, -0.15) is 8.42 Å². The van der Waals surface area contributed by atoms with Crippen LogP contribution in [-0.2, 0) is 14.9 Å². The summed E-state index contributed by atoms with van der Waals surface area (Å²) >= 11 is 0. The fourth-order valence-corrected chi connectivity index (χ4v) is 4.88. The normalized spacial score (nSPS) is 14.6. The van der Waals surface area contributed by atoms with Gasteiger partial charge < -0.3 is 10.4 Å². The Bertz CT molecular complexity index is 989. The molecule has 0 fully saturated rings. The second kappa shape index (κ2) is 29.6. The third kappa shape index (κ3) is 30.8. The van der Waals surface area contributed by atoms with Crippen LogP contribution >= 0.6 is 0 Å². The molecule has 0 aromatic heterocycles. The Morgan fingerprint density at radius 3 is 1.72 bits per heavy atom. The van der Waals surface area contributed by atoms with Gasteiger partial charge in [0.05, 0.1) is 17.9 Å². The lowest BCUT2D eigenvalue weighted by Gasteiger charge is -2.21. The summed E-state index contributed by atoms with van der Waals surface area (Å²) < 4.78 is 32.1. The molecule has 0 radical (unpaired) electrons. The number of carbonyl (C=O) groups is 1. The Balaban J connectivity index is 4.02. The minimum atomic E-state index is -4.35. The van der Waals surface area contributed by atoms with Crippen LogP contribution in [0.25, 0.3) is 0 Å². The largest absolute Gasteiger partial charge is 0.387 e. The monoisotopic (exact) mass is 617 g/mol. The number of amides is 1. The predicted molar refractivity (Wildman–Crippen MR) is 184 cm³/mol.